The predicted octanol–water partition coefficient (Wildman–Crippen LogP) is 25.2. The van der Waals surface area contributed by atoms with Crippen LogP contribution < -0.4 is 0 Å². The molecule has 0 aliphatic heterocycles. The third-order valence-corrected chi connectivity index (χ3v) is 20.8. The number of nitrogens with zero attached hydrogens (tertiary/aromatic N) is 1. The topological polar surface area (TPSA) is 4.93 Å². The Hall–Kier alpha value is -10.9. The van der Waals surface area contributed by atoms with Gasteiger partial charge in [-0.15, -0.1) is 22.7 Å². The van der Waals surface area contributed by atoms with E-state index in [2.05, 4.69) is 326 Å². The number of hydrogen-bond acceptors (Lipinski definition) is 2. The van der Waals surface area contributed by atoms with E-state index < -0.39 is 0 Å². The van der Waals surface area contributed by atoms with Crippen molar-refractivity contribution in [1.29, 1.82) is 0 Å². The SMILES string of the molecule is c1ccc(-c2ccc3sc4c(-c5ccc6c(c5)c5cc(-c7cc(-c8ccccc8)cc8c7sc7ccc(-c9ccccc9)cc78)ccc5n6-c5cccc(-c6c7ccccc7c(-c7ccccc7)c7ccccc67)c5)cc(-c5ccccc5)cc4c3c2)cc1. The van der Waals surface area contributed by atoms with Crippen molar-refractivity contribution >= 4 is 106 Å². The van der Waals surface area contributed by atoms with Gasteiger partial charge < -0.3 is 4.57 Å². The summed E-state index contributed by atoms with van der Waals surface area (Å²) < 4.78 is 7.67. The molecule has 0 bridgehead atoms. The maximum atomic E-state index is 2.52. The summed E-state index contributed by atoms with van der Waals surface area (Å²) in [5.74, 6) is 0. The molecule has 18 rings (SSSR count). The monoisotopic (exact) mass is 1160 g/mol. The molecule has 0 radical (unpaired) electrons. The fraction of sp³-hybridized carbons (Fsp3) is 0. The molecule has 0 aliphatic rings. The molecule has 18 aromatic rings. The van der Waals surface area contributed by atoms with Crippen molar-refractivity contribution in [2.45, 2.75) is 0 Å². The summed E-state index contributed by atoms with van der Waals surface area (Å²) in [4.78, 5) is 0. The molecular formula is C86H53NS2. The van der Waals surface area contributed by atoms with E-state index in [1.54, 1.807) is 0 Å². The fourth-order valence-electron chi connectivity index (χ4n) is 14.2. The predicted molar refractivity (Wildman–Crippen MR) is 385 cm³/mol. The van der Waals surface area contributed by atoms with E-state index in [0.29, 0.717) is 0 Å². The van der Waals surface area contributed by atoms with Crippen LogP contribution in [-0.4, -0.2) is 4.57 Å². The van der Waals surface area contributed by atoms with Crippen LogP contribution in [0, 0.1) is 0 Å². The molecule has 15 aromatic carbocycles. The van der Waals surface area contributed by atoms with Gasteiger partial charge in [0, 0.05) is 67.9 Å². The van der Waals surface area contributed by atoms with Gasteiger partial charge >= 0.3 is 0 Å². The van der Waals surface area contributed by atoms with Crippen molar-refractivity contribution in [3.63, 3.8) is 0 Å². The molecule has 0 aliphatic carbocycles. The molecule has 89 heavy (non-hydrogen) atoms. The molecule has 3 heteroatoms. The maximum absolute atomic E-state index is 2.52. The molecule has 0 amide bonds. The first-order chi connectivity index (χ1) is 44.1. The zero-order valence-electron chi connectivity index (χ0n) is 48.4. The van der Waals surface area contributed by atoms with E-state index in [-0.39, 0.29) is 0 Å². The lowest BCUT2D eigenvalue weighted by Crippen LogP contribution is -1.96. The molecule has 3 aromatic heterocycles. The number of hydrogen-bond donors (Lipinski definition) is 0. The molecule has 0 spiro atoms. The van der Waals surface area contributed by atoms with Gasteiger partial charge in [-0.25, -0.2) is 0 Å². The normalized spacial score (nSPS) is 11.8. The molecule has 0 fully saturated rings. The van der Waals surface area contributed by atoms with E-state index in [9.17, 15) is 0 Å². The van der Waals surface area contributed by atoms with Crippen LogP contribution in [0.4, 0.5) is 0 Å². The zero-order chi connectivity index (χ0) is 58.5. The first-order valence-electron chi connectivity index (χ1n) is 30.5. The van der Waals surface area contributed by atoms with E-state index in [1.807, 2.05) is 22.7 Å². The molecule has 0 N–H and O–H groups in total. The highest BCUT2D eigenvalue weighted by Crippen LogP contribution is 2.50. The first kappa shape index (κ1) is 51.3. The van der Waals surface area contributed by atoms with Crippen molar-refractivity contribution < 1.29 is 0 Å². The summed E-state index contributed by atoms with van der Waals surface area (Å²) in [5.41, 5.74) is 22.9. The number of fused-ring (bicyclic) bond motifs is 11. The average molecular weight is 1160 g/mol. The molecule has 0 unspecified atom stereocenters. The quantitative estimate of drug-likeness (QED) is 0.127. The van der Waals surface area contributed by atoms with Gasteiger partial charge in [-0.1, -0.05) is 237 Å². The fourth-order valence-corrected chi connectivity index (χ4v) is 16.6. The molecule has 0 atom stereocenters. The van der Waals surface area contributed by atoms with Crippen LogP contribution in [0.2, 0.25) is 0 Å². The third-order valence-electron chi connectivity index (χ3n) is 18.3. The van der Waals surface area contributed by atoms with Crippen LogP contribution in [0.5, 0.6) is 0 Å². The summed E-state index contributed by atoms with van der Waals surface area (Å²) in [5, 5.41) is 12.5. The average Bonchev–Trinajstić information content (AvgIpc) is 1.87. The largest absolute Gasteiger partial charge is 0.309 e. The molecular weight excluding hydrogens is 1110 g/mol. The smallest absolute Gasteiger partial charge is 0.0541 e. The van der Waals surface area contributed by atoms with Crippen molar-refractivity contribution in [2.24, 2.45) is 0 Å². The second kappa shape index (κ2) is 20.9. The molecule has 414 valence electrons. The summed E-state index contributed by atoms with van der Waals surface area (Å²) in [6.07, 6.45) is 0. The van der Waals surface area contributed by atoms with Crippen LogP contribution in [0.1, 0.15) is 0 Å². The molecule has 0 saturated carbocycles. The number of rotatable bonds is 9. The second-order valence-corrected chi connectivity index (χ2v) is 25.6. The summed E-state index contributed by atoms with van der Waals surface area (Å²) in [6, 6.07) is 120. The van der Waals surface area contributed by atoms with Gasteiger partial charge in [0.25, 0.3) is 0 Å². The van der Waals surface area contributed by atoms with Gasteiger partial charge in [-0.2, -0.15) is 0 Å². The van der Waals surface area contributed by atoms with Gasteiger partial charge in [-0.05, 0) is 184 Å². The molecule has 0 saturated heterocycles. The standard InChI is InChI=1S/C86H53NS2/c1-6-21-54(22-7-1)59-39-43-81-75(46-59)77-52-64(56-25-10-3-11-26-56)50-71(85(77)88-81)61-37-41-79-73(48-61)74-49-62(72-51-65(57-27-12-4-13-28-57)53-78-76-47-60(55-23-8-2-9-24-55)40-44-82(76)89-86(72)78)38-42-80(74)87(79)66-32-20-31-63(45-66)84-69-35-18-16-33-67(69)83(58-29-14-5-15-30-58)68-34-17-19-36-70(68)84/h1-53H. The molecule has 1 nitrogen and oxygen atoms in total. The van der Waals surface area contributed by atoms with Gasteiger partial charge in [0.15, 0.2) is 0 Å². The number of benzene rings is 15. The zero-order valence-corrected chi connectivity index (χ0v) is 50.0. The van der Waals surface area contributed by atoms with Crippen LogP contribution in [-0.2, 0) is 0 Å². The Morgan fingerprint density at radius 3 is 0.955 bits per heavy atom. The minimum atomic E-state index is 1.11. The van der Waals surface area contributed by atoms with E-state index in [4.69, 9.17) is 0 Å². The Balaban J connectivity index is 0.890. The number of aromatic nitrogens is 1. The highest BCUT2D eigenvalue weighted by Gasteiger charge is 2.23. The van der Waals surface area contributed by atoms with Crippen molar-refractivity contribution in [1.82, 2.24) is 4.57 Å². The lowest BCUT2D eigenvalue weighted by Gasteiger charge is -2.18. The van der Waals surface area contributed by atoms with Crippen LogP contribution in [0.15, 0.2) is 322 Å². The van der Waals surface area contributed by atoms with Gasteiger partial charge in [0.2, 0.25) is 0 Å². The lowest BCUT2D eigenvalue weighted by molar-refractivity contribution is 1.18. The van der Waals surface area contributed by atoms with Crippen molar-refractivity contribution in [3.8, 4) is 94.7 Å². The first-order valence-corrected chi connectivity index (χ1v) is 32.2. The van der Waals surface area contributed by atoms with Gasteiger partial charge in [0.1, 0.15) is 0 Å². The lowest BCUT2D eigenvalue weighted by atomic mass is 9.86. The van der Waals surface area contributed by atoms with Gasteiger partial charge in [-0.3, -0.25) is 0 Å². The van der Waals surface area contributed by atoms with Crippen molar-refractivity contribution in [3.05, 3.63) is 322 Å². The van der Waals surface area contributed by atoms with E-state index in [0.717, 1.165) is 16.7 Å². The van der Waals surface area contributed by atoms with Crippen LogP contribution >= 0.6 is 22.7 Å². The minimum Gasteiger partial charge on any atom is -0.309 e. The van der Waals surface area contributed by atoms with E-state index in [1.165, 1.54) is 162 Å². The maximum Gasteiger partial charge on any atom is 0.0541 e. The van der Waals surface area contributed by atoms with Crippen LogP contribution in [0.3, 0.4) is 0 Å². The number of thiophene rings is 2. The summed E-state index contributed by atoms with van der Waals surface area (Å²) in [6.45, 7) is 0. The summed E-state index contributed by atoms with van der Waals surface area (Å²) in [7, 11) is 0. The van der Waals surface area contributed by atoms with E-state index >= 15 is 0 Å². The Morgan fingerprint density at radius 1 is 0.191 bits per heavy atom. The highest BCUT2D eigenvalue weighted by molar-refractivity contribution is 7.26. The Labute approximate surface area is 523 Å². The highest BCUT2D eigenvalue weighted by atomic mass is 32.1. The Kier molecular flexibility index (Phi) is 12.0. The summed E-state index contributed by atoms with van der Waals surface area (Å²) >= 11 is 3.80. The van der Waals surface area contributed by atoms with Crippen LogP contribution in [0.25, 0.3) is 178 Å². The van der Waals surface area contributed by atoms with Crippen molar-refractivity contribution in [2.75, 3.05) is 0 Å². The third kappa shape index (κ3) is 8.57. The minimum absolute atomic E-state index is 1.11. The van der Waals surface area contributed by atoms with Gasteiger partial charge in [0.05, 0.1) is 11.0 Å². The Morgan fingerprint density at radius 2 is 0.528 bits per heavy atom. The Bertz CT molecular complexity index is 5500. The molecule has 3 heterocycles. The second-order valence-electron chi connectivity index (χ2n) is 23.4.